The van der Waals surface area contributed by atoms with E-state index in [0.29, 0.717) is 12.1 Å². The number of nitrogens with one attached hydrogen (secondary N) is 1. The van der Waals surface area contributed by atoms with Crippen LogP contribution in [0.3, 0.4) is 0 Å². The molecule has 2 aromatic rings. The summed E-state index contributed by atoms with van der Waals surface area (Å²) < 4.78 is 4.06. The first-order chi connectivity index (χ1) is 7.77. The van der Waals surface area contributed by atoms with Gasteiger partial charge in [-0.25, -0.2) is 0 Å². The van der Waals surface area contributed by atoms with Crippen LogP contribution >= 0.6 is 11.5 Å². The minimum Gasteiger partial charge on any atom is -0.348 e. The molecule has 0 unspecified atom stereocenters. The Hall–Kier alpha value is -1.75. The van der Waals surface area contributed by atoms with Crippen molar-refractivity contribution in [3.05, 3.63) is 46.7 Å². The Labute approximate surface area is 97.5 Å². The molecular formula is C11H11N3OS. The summed E-state index contributed by atoms with van der Waals surface area (Å²) in [5.74, 6) is -0.0805. The Kier molecular flexibility index (Phi) is 3.26. The van der Waals surface area contributed by atoms with E-state index in [1.54, 1.807) is 17.8 Å². The molecule has 4 nitrogen and oxygen atoms in total. The molecule has 2 rings (SSSR count). The summed E-state index contributed by atoms with van der Waals surface area (Å²) in [4.78, 5) is 15.7. The van der Waals surface area contributed by atoms with Gasteiger partial charge in [0.15, 0.2) is 0 Å². The van der Waals surface area contributed by atoms with Crippen molar-refractivity contribution in [2.45, 2.75) is 13.5 Å². The molecule has 0 bridgehead atoms. The van der Waals surface area contributed by atoms with Crippen LogP contribution in [0.5, 0.6) is 0 Å². The van der Waals surface area contributed by atoms with Gasteiger partial charge in [0.2, 0.25) is 0 Å². The molecule has 2 aromatic heterocycles. The monoisotopic (exact) mass is 233 g/mol. The maximum atomic E-state index is 11.7. The first-order valence-electron chi connectivity index (χ1n) is 4.85. The van der Waals surface area contributed by atoms with Gasteiger partial charge in [0.1, 0.15) is 0 Å². The second-order valence-corrected chi connectivity index (χ2v) is 3.98. The third kappa shape index (κ3) is 2.43. The van der Waals surface area contributed by atoms with Gasteiger partial charge in [-0.3, -0.25) is 9.78 Å². The lowest BCUT2D eigenvalue weighted by atomic mass is 10.2. The van der Waals surface area contributed by atoms with Crippen LogP contribution in [0, 0.1) is 6.92 Å². The number of hydrogen-bond donors (Lipinski definition) is 1. The highest BCUT2D eigenvalue weighted by Gasteiger charge is 2.10. The number of amides is 1. The zero-order chi connectivity index (χ0) is 11.4. The smallest absolute Gasteiger partial charge is 0.254 e. The molecule has 0 fully saturated rings. The number of pyridine rings is 1. The maximum Gasteiger partial charge on any atom is 0.254 e. The normalized spacial score (nSPS) is 10.1. The van der Waals surface area contributed by atoms with Crippen LogP contribution in [0.4, 0.5) is 0 Å². The summed E-state index contributed by atoms with van der Waals surface area (Å²) in [6.45, 7) is 2.34. The third-order valence-electron chi connectivity index (χ3n) is 2.20. The van der Waals surface area contributed by atoms with Gasteiger partial charge in [0.25, 0.3) is 5.91 Å². The van der Waals surface area contributed by atoms with Crippen LogP contribution in [0.1, 0.15) is 21.6 Å². The molecule has 0 spiro atoms. The first-order valence-corrected chi connectivity index (χ1v) is 5.69. The third-order valence-corrected chi connectivity index (χ3v) is 2.92. The molecule has 2 heterocycles. The fraction of sp³-hybridized carbons (Fsp3) is 0.182. The Morgan fingerprint density at radius 1 is 1.44 bits per heavy atom. The van der Waals surface area contributed by atoms with E-state index < -0.39 is 0 Å². The summed E-state index contributed by atoms with van der Waals surface area (Å²) in [6.07, 6.45) is 3.41. The Morgan fingerprint density at radius 2 is 2.19 bits per heavy atom. The molecule has 82 valence electrons. The molecule has 0 aliphatic heterocycles. The lowest BCUT2D eigenvalue weighted by Gasteiger charge is -2.03. The summed E-state index contributed by atoms with van der Waals surface area (Å²) in [7, 11) is 0. The number of nitrogens with zero attached hydrogens (tertiary/aromatic N) is 2. The summed E-state index contributed by atoms with van der Waals surface area (Å²) in [6, 6.07) is 3.75. The first kappa shape index (κ1) is 10.8. The van der Waals surface area contributed by atoms with E-state index in [4.69, 9.17) is 0 Å². The lowest BCUT2D eigenvalue weighted by Crippen LogP contribution is -2.23. The number of hydrogen-bond acceptors (Lipinski definition) is 4. The van der Waals surface area contributed by atoms with Crippen LogP contribution in [-0.4, -0.2) is 15.3 Å². The van der Waals surface area contributed by atoms with E-state index in [1.165, 1.54) is 11.5 Å². The van der Waals surface area contributed by atoms with Gasteiger partial charge in [0, 0.05) is 24.3 Å². The van der Waals surface area contributed by atoms with Gasteiger partial charge in [-0.05, 0) is 36.2 Å². The van der Waals surface area contributed by atoms with Crippen molar-refractivity contribution in [1.29, 1.82) is 0 Å². The molecule has 0 aromatic carbocycles. The van der Waals surface area contributed by atoms with E-state index in [2.05, 4.69) is 14.7 Å². The van der Waals surface area contributed by atoms with Crippen LogP contribution in [0.15, 0.2) is 29.9 Å². The van der Waals surface area contributed by atoms with Gasteiger partial charge in [-0.1, -0.05) is 0 Å². The van der Waals surface area contributed by atoms with Gasteiger partial charge < -0.3 is 5.32 Å². The quantitative estimate of drug-likeness (QED) is 0.879. The minimum absolute atomic E-state index is 0.0805. The molecule has 0 saturated heterocycles. The average Bonchev–Trinajstić information content (AvgIpc) is 2.74. The number of carbonyl (C=O) groups excluding carboxylic acids is 1. The number of rotatable bonds is 3. The predicted octanol–water partition coefficient (Wildman–Crippen LogP) is 1.78. The van der Waals surface area contributed by atoms with E-state index in [1.807, 2.05) is 19.1 Å². The molecule has 5 heteroatoms. The number of carbonyl (C=O) groups is 1. The van der Waals surface area contributed by atoms with Crippen molar-refractivity contribution in [2.24, 2.45) is 0 Å². The molecule has 0 atom stereocenters. The Bertz CT molecular complexity index is 481. The van der Waals surface area contributed by atoms with Gasteiger partial charge in [0.05, 0.1) is 11.3 Å². The molecule has 1 amide bonds. The molecule has 0 aliphatic carbocycles. The van der Waals surface area contributed by atoms with Crippen LogP contribution in [0.25, 0.3) is 0 Å². The van der Waals surface area contributed by atoms with Crippen molar-refractivity contribution in [3.63, 3.8) is 0 Å². The van der Waals surface area contributed by atoms with E-state index in [9.17, 15) is 4.79 Å². The SMILES string of the molecule is Cc1nscc1C(=O)NCc1ccncc1. The largest absolute Gasteiger partial charge is 0.348 e. The van der Waals surface area contributed by atoms with Crippen molar-refractivity contribution in [2.75, 3.05) is 0 Å². The van der Waals surface area contributed by atoms with Crippen LogP contribution in [-0.2, 0) is 6.54 Å². The summed E-state index contributed by atoms with van der Waals surface area (Å²) in [5.41, 5.74) is 2.46. The summed E-state index contributed by atoms with van der Waals surface area (Å²) in [5, 5.41) is 4.60. The molecule has 16 heavy (non-hydrogen) atoms. The minimum atomic E-state index is -0.0805. The highest BCUT2D eigenvalue weighted by Crippen LogP contribution is 2.09. The van der Waals surface area contributed by atoms with Crippen LogP contribution < -0.4 is 5.32 Å². The standard InChI is InChI=1S/C11H11N3OS/c1-8-10(7-16-14-8)11(15)13-6-9-2-4-12-5-3-9/h2-5,7H,6H2,1H3,(H,13,15). The van der Waals surface area contributed by atoms with E-state index in [-0.39, 0.29) is 5.91 Å². The lowest BCUT2D eigenvalue weighted by molar-refractivity contribution is 0.0950. The van der Waals surface area contributed by atoms with E-state index >= 15 is 0 Å². The average molecular weight is 233 g/mol. The number of aromatic nitrogens is 2. The highest BCUT2D eigenvalue weighted by atomic mass is 32.1. The molecule has 0 aliphatic rings. The van der Waals surface area contributed by atoms with Crippen molar-refractivity contribution in [3.8, 4) is 0 Å². The Balaban J connectivity index is 1.97. The highest BCUT2D eigenvalue weighted by molar-refractivity contribution is 7.03. The van der Waals surface area contributed by atoms with Gasteiger partial charge in [-0.2, -0.15) is 4.37 Å². The van der Waals surface area contributed by atoms with Gasteiger partial charge in [-0.15, -0.1) is 0 Å². The summed E-state index contributed by atoms with van der Waals surface area (Å²) >= 11 is 1.30. The molecular weight excluding hydrogens is 222 g/mol. The van der Waals surface area contributed by atoms with Crippen molar-refractivity contribution in [1.82, 2.24) is 14.7 Å². The fourth-order valence-electron chi connectivity index (χ4n) is 1.29. The Morgan fingerprint density at radius 3 is 2.81 bits per heavy atom. The zero-order valence-electron chi connectivity index (χ0n) is 8.80. The van der Waals surface area contributed by atoms with E-state index in [0.717, 1.165) is 11.3 Å². The molecule has 0 saturated carbocycles. The van der Waals surface area contributed by atoms with Gasteiger partial charge >= 0.3 is 0 Å². The molecule has 1 N–H and O–H groups in total. The van der Waals surface area contributed by atoms with Crippen molar-refractivity contribution < 1.29 is 4.79 Å². The second kappa shape index (κ2) is 4.85. The zero-order valence-corrected chi connectivity index (χ0v) is 9.62. The molecule has 0 radical (unpaired) electrons. The second-order valence-electron chi connectivity index (χ2n) is 3.35. The maximum absolute atomic E-state index is 11.7. The van der Waals surface area contributed by atoms with Crippen molar-refractivity contribution >= 4 is 17.4 Å². The predicted molar refractivity (Wildman–Crippen MR) is 62.3 cm³/mol. The van der Waals surface area contributed by atoms with Crippen LogP contribution in [0.2, 0.25) is 0 Å². The fourth-order valence-corrected chi connectivity index (χ4v) is 1.98. The topological polar surface area (TPSA) is 54.9 Å². The number of aryl methyl sites for hydroxylation is 1.